The van der Waals surface area contributed by atoms with Gasteiger partial charge >= 0.3 is 106 Å². The van der Waals surface area contributed by atoms with Gasteiger partial charge in [0.1, 0.15) is 0 Å². The molecule has 0 aromatic carbocycles. The van der Waals surface area contributed by atoms with Crippen LogP contribution in [-0.2, 0) is 24.7 Å². The van der Waals surface area contributed by atoms with Gasteiger partial charge in [0.25, 0.3) is 0 Å². The summed E-state index contributed by atoms with van der Waals surface area (Å²) in [4.78, 5) is 0. The van der Waals surface area contributed by atoms with Gasteiger partial charge in [-0.3, -0.25) is 0 Å². The van der Waals surface area contributed by atoms with E-state index in [-0.39, 0.29) is 0 Å². The summed E-state index contributed by atoms with van der Waals surface area (Å²) in [5, 5.41) is 0. The minimum atomic E-state index is 0.656. The minimum absolute atomic E-state index is 0.656. The van der Waals surface area contributed by atoms with Crippen molar-refractivity contribution in [2.24, 2.45) is 17.8 Å². The first-order chi connectivity index (χ1) is 6.25. The second kappa shape index (κ2) is 6.46. The molecular formula is C13H27Zr. The third-order valence-corrected chi connectivity index (χ3v) is 3.90. The van der Waals surface area contributed by atoms with Gasteiger partial charge < -0.3 is 0 Å². The van der Waals surface area contributed by atoms with Gasteiger partial charge in [-0.25, -0.2) is 0 Å². The summed E-state index contributed by atoms with van der Waals surface area (Å²) in [5.74, 6) is 2.56. The Balaban J connectivity index is 4.32. The van der Waals surface area contributed by atoms with E-state index < -0.39 is 0 Å². The predicted octanol–water partition coefficient (Wildman–Crippen LogP) is 4.83. The van der Waals surface area contributed by atoms with Gasteiger partial charge in [-0.1, -0.05) is 0 Å². The monoisotopic (exact) mass is 273 g/mol. The predicted molar refractivity (Wildman–Crippen MR) is 61.1 cm³/mol. The molecule has 0 radical (unpaired) electrons. The number of rotatable bonds is 6. The van der Waals surface area contributed by atoms with Crippen LogP contribution in [0.3, 0.4) is 0 Å². The SMILES string of the molecule is CC(C)C[C]([Zr])(CC(C)C)CC(C)C. The molecule has 0 fully saturated rings. The first kappa shape index (κ1) is 14.9. The molecule has 0 amide bonds. The van der Waals surface area contributed by atoms with E-state index in [4.69, 9.17) is 0 Å². The van der Waals surface area contributed by atoms with Crippen molar-refractivity contribution in [1.82, 2.24) is 0 Å². The van der Waals surface area contributed by atoms with Crippen molar-refractivity contribution in [1.29, 1.82) is 0 Å². The maximum absolute atomic E-state index is 2.36. The summed E-state index contributed by atoms with van der Waals surface area (Å²) >= 11 is 1.76. The Morgan fingerprint density at radius 2 is 0.929 bits per heavy atom. The Morgan fingerprint density at radius 1 is 0.714 bits per heavy atom. The van der Waals surface area contributed by atoms with Crippen LogP contribution < -0.4 is 0 Å². The Kier molecular flexibility index (Phi) is 6.87. The molecule has 14 heavy (non-hydrogen) atoms. The van der Waals surface area contributed by atoms with Gasteiger partial charge in [-0.15, -0.1) is 0 Å². The summed E-state index contributed by atoms with van der Waals surface area (Å²) in [6.07, 6.45) is 4.26. The molecule has 0 spiro atoms. The molecule has 0 saturated heterocycles. The van der Waals surface area contributed by atoms with Crippen LogP contribution in [0.5, 0.6) is 0 Å². The van der Waals surface area contributed by atoms with Gasteiger partial charge in [0, 0.05) is 0 Å². The van der Waals surface area contributed by atoms with Gasteiger partial charge in [-0.2, -0.15) is 0 Å². The third kappa shape index (κ3) is 7.21. The third-order valence-electron chi connectivity index (χ3n) is 2.40. The quantitative estimate of drug-likeness (QED) is 0.651. The Hall–Kier alpha value is 0.883. The molecule has 0 aromatic rings. The van der Waals surface area contributed by atoms with Crippen LogP contribution in [0.4, 0.5) is 0 Å². The molecule has 0 rings (SSSR count). The zero-order chi connectivity index (χ0) is 11.4. The molecule has 0 aliphatic carbocycles. The van der Waals surface area contributed by atoms with Crippen molar-refractivity contribution in [3.8, 4) is 0 Å². The van der Waals surface area contributed by atoms with Gasteiger partial charge in [0.05, 0.1) is 0 Å². The Morgan fingerprint density at radius 3 is 1.07 bits per heavy atom. The molecule has 0 N–H and O–H groups in total. The molecule has 0 bridgehead atoms. The van der Waals surface area contributed by atoms with E-state index >= 15 is 0 Å². The van der Waals surface area contributed by atoms with Gasteiger partial charge in [0.2, 0.25) is 0 Å². The van der Waals surface area contributed by atoms with E-state index in [0.29, 0.717) is 3.12 Å². The van der Waals surface area contributed by atoms with Crippen LogP contribution in [0.2, 0.25) is 3.12 Å². The van der Waals surface area contributed by atoms with E-state index in [2.05, 4.69) is 41.5 Å². The zero-order valence-corrected chi connectivity index (χ0v) is 13.3. The molecule has 0 unspecified atom stereocenters. The van der Waals surface area contributed by atoms with Crippen LogP contribution in [0.15, 0.2) is 0 Å². The van der Waals surface area contributed by atoms with Crippen LogP contribution >= 0.6 is 0 Å². The van der Waals surface area contributed by atoms with E-state index in [9.17, 15) is 0 Å². The van der Waals surface area contributed by atoms with Crippen LogP contribution in [0, 0.1) is 17.8 Å². The summed E-state index contributed by atoms with van der Waals surface area (Å²) in [6, 6.07) is 0. The fourth-order valence-corrected chi connectivity index (χ4v) is 5.60. The van der Waals surface area contributed by atoms with Gasteiger partial charge in [0.15, 0.2) is 0 Å². The van der Waals surface area contributed by atoms with Crippen molar-refractivity contribution < 1.29 is 24.7 Å². The van der Waals surface area contributed by atoms with Crippen molar-refractivity contribution >= 4 is 0 Å². The summed E-state index contributed by atoms with van der Waals surface area (Å²) in [6.45, 7) is 14.2. The normalized spacial score (nSPS) is 13.1. The van der Waals surface area contributed by atoms with E-state index in [1.165, 1.54) is 19.3 Å². The standard InChI is InChI=1S/C13H27.Zr/c1-10(2)7-13(8-11(3)4)9-12(5)6;/h10-12H,7-9H2,1-6H3;. The fourth-order valence-electron chi connectivity index (χ4n) is 2.59. The molecule has 0 saturated carbocycles. The van der Waals surface area contributed by atoms with Crippen molar-refractivity contribution in [3.63, 3.8) is 0 Å². The molecule has 0 nitrogen and oxygen atoms in total. The first-order valence-electron chi connectivity index (χ1n) is 6.00. The Bertz CT molecular complexity index is 121. The molecule has 83 valence electrons. The van der Waals surface area contributed by atoms with E-state index in [0.717, 1.165) is 17.8 Å². The molecule has 0 aliphatic heterocycles. The first-order valence-corrected chi connectivity index (χ1v) is 7.23. The van der Waals surface area contributed by atoms with Crippen LogP contribution in [0.25, 0.3) is 0 Å². The molecular weight excluding hydrogens is 247 g/mol. The van der Waals surface area contributed by atoms with E-state index in [1.54, 1.807) is 24.7 Å². The summed E-state index contributed by atoms with van der Waals surface area (Å²) < 4.78 is 0.656. The fraction of sp³-hybridized carbons (Fsp3) is 1.00. The van der Waals surface area contributed by atoms with Crippen molar-refractivity contribution in [2.75, 3.05) is 0 Å². The van der Waals surface area contributed by atoms with Crippen LogP contribution in [-0.4, -0.2) is 0 Å². The average molecular weight is 275 g/mol. The molecule has 1 heteroatoms. The Labute approximate surface area is 106 Å². The average Bonchev–Trinajstić information content (AvgIpc) is 1.76. The number of hydrogen-bond donors (Lipinski definition) is 0. The summed E-state index contributed by atoms with van der Waals surface area (Å²) in [7, 11) is 0. The number of hydrogen-bond acceptors (Lipinski definition) is 0. The second-order valence-electron chi connectivity index (χ2n) is 6.07. The molecule has 0 atom stereocenters. The zero-order valence-electron chi connectivity index (χ0n) is 10.9. The van der Waals surface area contributed by atoms with Crippen molar-refractivity contribution in [3.05, 3.63) is 0 Å². The summed E-state index contributed by atoms with van der Waals surface area (Å²) in [5.41, 5.74) is 0. The molecule has 0 heterocycles. The second-order valence-corrected chi connectivity index (χ2v) is 8.68. The maximum atomic E-state index is 2.36. The molecule has 0 aromatic heterocycles. The van der Waals surface area contributed by atoms with Crippen LogP contribution in [0.1, 0.15) is 60.8 Å². The van der Waals surface area contributed by atoms with Gasteiger partial charge in [-0.05, 0) is 0 Å². The topological polar surface area (TPSA) is 0 Å². The van der Waals surface area contributed by atoms with E-state index in [1.807, 2.05) is 0 Å². The molecule has 0 aliphatic rings. The van der Waals surface area contributed by atoms with Crippen molar-refractivity contribution in [2.45, 2.75) is 63.9 Å².